The van der Waals surface area contributed by atoms with Crippen LogP contribution in [0.2, 0.25) is 0 Å². The molecule has 0 aliphatic carbocycles. The summed E-state index contributed by atoms with van der Waals surface area (Å²) < 4.78 is 5.68. The van der Waals surface area contributed by atoms with E-state index in [1.165, 1.54) is 0 Å². The van der Waals surface area contributed by atoms with E-state index in [-0.39, 0.29) is 24.9 Å². The van der Waals surface area contributed by atoms with Crippen LogP contribution in [0.5, 0.6) is 0 Å². The topological polar surface area (TPSA) is 49.7 Å². The van der Waals surface area contributed by atoms with Crippen LogP contribution in [0.1, 0.15) is 24.5 Å². The van der Waals surface area contributed by atoms with Crippen LogP contribution in [-0.4, -0.2) is 29.0 Å². The summed E-state index contributed by atoms with van der Waals surface area (Å²) in [7, 11) is 0. The summed E-state index contributed by atoms with van der Waals surface area (Å²) in [5.74, 6) is 0. The highest BCUT2D eigenvalue weighted by atomic mass is 16.5. The van der Waals surface area contributed by atoms with Crippen molar-refractivity contribution in [3.05, 3.63) is 35.9 Å². The van der Waals surface area contributed by atoms with E-state index in [9.17, 15) is 5.11 Å². The van der Waals surface area contributed by atoms with Crippen LogP contribution >= 0.6 is 0 Å². The van der Waals surface area contributed by atoms with E-state index in [2.05, 4.69) is 0 Å². The molecule has 3 heteroatoms. The van der Waals surface area contributed by atoms with E-state index < -0.39 is 0 Å². The van der Waals surface area contributed by atoms with E-state index in [1.807, 2.05) is 30.3 Å². The van der Waals surface area contributed by atoms with Gasteiger partial charge < -0.3 is 14.9 Å². The van der Waals surface area contributed by atoms with Crippen LogP contribution in [0.15, 0.2) is 30.3 Å². The van der Waals surface area contributed by atoms with E-state index in [1.54, 1.807) is 0 Å². The molecule has 3 unspecified atom stereocenters. The van der Waals surface area contributed by atoms with E-state index in [4.69, 9.17) is 9.84 Å². The zero-order chi connectivity index (χ0) is 10.7. The molecule has 15 heavy (non-hydrogen) atoms. The lowest BCUT2D eigenvalue weighted by molar-refractivity contribution is -0.113. The summed E-state index contributed by atoms with van der Waals surface area (Å²) in [4.78, 5) is 0. The van der Waals surface area contributed by atoms with Crippen molar-refractivity contribution in [1.29, 1.82) is 0 Å². The average molecular weight is 208 g/mol. The minimum absolute atomic E-state index is 0.0274. The first-order chi connectivity index (χ1) is 7.29. The standard InChI is InChI=1S/C12H16O3/c13-8-11-6-10(14)7-12(15-11)9-4-2-1-3-5-9/h1-5,10-14H,6-8H2. The third-order valence-corrected chi connectivity index (χ3v) is 2.75. The molecule has 0 spiro atoms. The smallest absolute Gasteiger partial charge is 0.0854 e. The molecule has 82 valence electrons. The van der Waals surface area contributed by atoms with E-state index in [0.717, 1.165) is 5.56 Å². The Morgan fingerprint density at radius 2 is 1.93 bits per heavy atom. The van der Waals surface area contributed by atoms with Gasteiger partial charge >= 0.3 is 0 Å². The summed E-state index contributed by atoms with van der Waals surface area (Å²) in [6.07, 6.45) is 0.438. The van der Waals surface area contributed by atoms with Gasteiger partial charge in [0.25, 0.3) is 0 Å². The Kier molecular flexibility index (Phi) is 3.36. The van der Waals surface area contributed by atoms with Gasteiger partial charge in [0.2, 0.25) is 0 Å². The van der Waals surface area contributed by atoms with E-state index >= 15 is 0 Å². The molecular formula is C12H16O3. The van der Waals surface area contributed by atoms with Crippen LogP contribution in [0.25, 0.3) is 0 Å². The quantitative estimate of drug-likeness (QED) is 0.769. The van der Waals surface area contributed by atoms with Crippen molar-refractivity contribution in [1.82, 2.24) is 0 Å². The third-order valence-electron chi connectivity index (χ3n) is 2.75. The number of rotatable bonds is 2. The summed E-state index contributed by atoms with van der Waals surface area (Å²) >= 11 is 0. The van der Waals surface area contributed by atoms with Crippen molar-refractivity contribution >= 4 is 0 Å². The lowest BCUT2D eigenvalue weighted by atomic mass is 9.96. The highest BCUT2D eigenvalue weighted by molar-refractivity contribution is 5.18. The van der Waals surface area contributed by atoms with Crippen molar-refractivity contribution in [2.75, 3.05) is 6.61 Å². The predicted octanol–water partition coefficient (Wildman–Crippen LogP) is 1.26. The second-order valence-corrected chi connectivity index (χ2v) is 3.97. The minimum Gasteiger partial charge on any atom is -0.394 e. The van der Waals surface area contributed by atoms with Crippen LogP contribution in [0.4, 0.5) is 0 Å². The molecule has 1 aliphatic heterocycles. The number of hydrogen-bond donors (Lipinski definition) is 2. The first-order valence-corrected chi connectivity index (χ1v) is 5.29. The molecule has 1 saturated heterocycles. The first kappa shape index (κ1) is 10.6. The van der Waals surface area contributed by atoms with Gasteiger partial charge in [-0.05, 0) is 5.56 Å². The second-order valence-electron chi connectivity index (χ2n) is 3.97. The maximum Gasteiger partial charge on any atom is 0.0854 e. The van der Waals surface area contributed by atoms with Crippen LogP contribution in [-0.2, 0) is 4.74 Å². The van der Waals surface area contributed by atoms with Crippen LogP contribution < -0.4 is 0 Å². The maximum absolute atomic E-state index is 9.65. The van der Waals surface area contributed by atoms with Gasteiger partial charge in [0.15, 0.2) is 0 Å². The molecule has 0 amide bonds. The average Bonchev–Trinajstić information content (AvgIpc) is 2.29. The van der Waals surface area contributed by atoms with Crippen molar-refractivity contribution < 1.29 is 14.9 Å². The zero-order valence-corrected chi connectivity index (χ0v) is 8.54. The SMILES string of the molecule is OCC1CC(O)CC(c2ccccc2)O1. The Balaban J connectivity index is 2.09. The molecule has 1 heterocycles. The summed E-state index contributed by atoms with van der Waals surface area (Å²) in [5.41, 5.74) is 1.06. The van der Waals surface area contributed by atoms with Crippen LogP contribution in [0.3, 0.4) is 0 Å². The Morgan fingerprint density at radius 1 is 1.20 bits per heavy atom. The number of ether oxygens (including phenoxy) is 1. The molecule has 3 atom stereocenters. The number of benzene rings is 1. The Morgan fingerprint density at radius 3 is 2.60 bits per heavy atom. The normalized spacial score (nSPS) is 31.5. The number of aliphatic hydroxyl groups is 2. The lowest BCUT2D eigenvalue weighted by Gasteiger charge is -2.32. The van der Waals surface area contributed by atoms with Crippen molar-refractivity contribution in [3.63, 3.8) is 0 Å². The Labute approximate surface area is 89.3 Å². The van der Waals surface area contributed by atoms with Gasteiger partial charge in [-0.2, -0.15) is 0 Å². The monoisotopic (exact) mass is 208 g/mol. The van der Waals surface area contributed by atoms with Gasteiger partial charge in [-0.3, -0.25) is 0 Å². The Bertz CT molecular complexity index is 299. The molecule has 3 nitrogen and oxygen atoms in total. The Hall–Kier alpha value is -0.900. The van der Waals surface area contributed by atoms with Crippen molar-refractivity contribution in [3.8, 4) is 0 Å². The molecule has 0 radical (unpaired) electrons. The highest BCUT2D eigenvalue weighted by Crippen LogP contribution is 2.30. The molecule has 1 aromatic rings. The first-order valence-electron chi connectivity index (χ1n) is 5.29. The van der Waals surface area contributed by atoms with Crippen molar-refractivity contribution in [2.45, 2.75) is 31.2 Å². The molecule has 1 fully saturated rings. The molecular weight excluding hydrogens is 192 g/mol. The summed E-state index contributed by atoms with van der Waals surface area (Å²) in [5, 5.41) is 18.7. The molecule has 0 bridgehead atoms. The fraction of sp³-hybridized carbons (Fsp3) is 0.500. The maximum atomic E-state index is 9.65. The lowest BCUT2D eigenvalue weighted by Crippen LogP contribution is -2.33. The van der Waals surface area contributed by atoms with Crippen molar-refractivity contribution in [2.24, 2.45) is 0 Å². The molecule has 2 rings (SSSR count). The van der Waals surface area contributed by atoms with Gasteiger partial charge in [-0.1, -0.05) is 30.3 Å². The molecule has 2 N–H and O–H groups in total. The fourth-order valence-corrected chi connectivity index (χ4v) is 1.99. The van der Waals surface area contributed by atoms with Gasteiger partial charge in [-0.25, -0.2) is 0 Å². The zero-order valence-electron chi connectivity index (χ0n) is 8.54. The fourth-order valence-electron chi connectivity index (χ4n) is 1.99. The summed E-state index contributed by atoms with van der Waals surface area (Å²) in [6, 6.07) is 9.82. The van der Waals surface area contributed by atoms with Gasteiger partial charge in [0.1, 0.15) is 0 Å². The molecule has 1 aromatic carbocycles. The highest BCUT2D eigenvalue weighted by Gasteiger charge is 2.28. The van der Waals surface area contributed by atoms with E-state index in [0.29, 0.717) is 12.8 Å². The molecule has 0 aromatic heterocycles. The minimum atomic E-state index is -0.374. The second kappa shape index (κ2) is 4.75. The van der Waals surface area contributed by atoms with Gasteiger partial charge in [0.05, 0.1) is 24.9 Å². The molecule has 1 aliphatic rings. The van der Waals surface area contributed by atoms with Gasteiger partial charge in [0, 0.05) is 12.8 Å². The third kappa shape index (κ3) is 2.56. The number of aliphatic hydroxyl groups excluding tert-OH is 2. The van der Waals surface area contributed by atoms with Gasteiger partial charge in [-0.15, -0.1) is 0 Å². The molecule has 0 saturated carbocycles. The largest absolute Gasteiger partial charge is 0.394 e. The predicted molar refractivity (Wildman–Crippen MR) is 56.4 cm³/mol. The van der Waals surface area contributed by atoms with Crippen LogP contribution in [0, 0.1) is 0 Å². The number of hydrogen-bond acceptors (Lipinski definition) is 3. The summed E-state index contributed by atoms with van der Waals surface area (Å²) in [6.45, 7) is -0.0274.